The second kappa shape index (κ2) is 8.13. The van der Waals surface area contributed by atoms with Crippen molar-refractivity contribution in [3.63, 3.8) is 0 Å². The van der Waals surface area contributed by atoms with E-state index in [-0.39, 0.29) is 18.0 Å². The maximum absolute atomic E-state index is 13.0. The lowest BCUT2D eigenvalue weighted by atomic mass is 9.96. The van der Waals surface area contributed by atoms with Crippen molar-refractivity contribution < 1.29 is 26.3 Å². The standard InChI is InChI=1S/C20H21F3N6O3S/c21-20(22,23)32-14-5-7-15(8-6-14)33(30,31)28-11-9-27(10-12-28)18-16-3-1-2-4-17(16)26-19-24-13-25-29(18)19/h5-8,13H,1-4,9-12H2. The predicted molar refractivity (Wildman–Crippen MR) is 112 cm³/mol. The second-order valence-electron chi connectivity index (χ2n) is 7.95. The minimum Gasteiger partial charge on any atom is -0.406 e. The highest BCUT2D eigenvalue weighted by Gasteiger charge is 2.33. The maximum atomic E-state index is 13.0. The number of aryl methyl sites for hydroxylation is 1. The molecule has 3 aromatic rings. The van der Waals surface area contributed by atoms with Crippen LogP contribution in [0.25, 0.3) is 5.78 Å². The average molecular weight is 482 g/mol. The molecule has 0 spiro atoms. The summed E-state index contributed by atoms with van der Waals surface area (Å²) in [5, 5.41) is 4.33. The summed E-state index contributed by atoms with van der Waals surface area (Å²) in [4.78, 5) is 10.9. The molecule has 176 valence electrons. The van der Waals surface area contributed by atoms with Crippen molar-refractivity contribution in [2.45, 2.75) is 36.9 Å². The van der Waals surface area contributed by atoms with Crippen molar-refractivity contribution in [2.24, 2.45) is 0 Å². The summed E-state index contributed by atoms with van der Waals surface area (Å²) >= 11 is 0. The van der Waals surface area contributed by atoms with Crippen molar-refractivity contribution in [2.75, 3.05) is 31.1 Å². The highest BCUT2D eigenvalue weighted by molar-refractivity contribution is 7.89. The van der Waals surface area contributed by atoms with Crippen LogP contribution in [0.2, 0.25) is 0 Å². The van der Waals surface area contributed by atoms with E-state index in [4.69, 9.17) is 0 Å². The van der Waals surface area contributed by atoms with E-state index in [0.29, 0.717) is 18.9 Å². The molecule has 0 amide bonds. The molecule has 3 heterocycles. The van der Waals surface area contributed by atoms with Crippen molar-refractivity contribution >= 4 is 21.6 Å². The number of nitrogens with zero attached hydrogens (tertiary/aromatic N) is 6. The molecular weight excluding hydrogens is 461 g/mol. The van der Waals surface area contributed by atoms with Gasteiger partial charge in [0, 0.05) is 31.7 Å². The molecule has 0 unspecified atom stereocenters. The molecule has 2 aromatic heterocycles. The largest absolute Gasteiger partial charge is 0.573 e. The Morgan fingerprint density at radius 1 is 0.970 bits per heavy atom. The number of benzene rings is 1. The molecule has 5 rings (SSSR count). The first-order valence-corrected chi connectivity index (χ1v) is 12.0. The third-order valence-electron chi connectivity index (χ3n) is 5.91. The number of fused-ring (bicyclic) bond motifs is 2. The molecule has 33 heavy (non-hydrogen) atoms. The summed E-state index contributed by atoms with van der Waals surface area (Å²) in [7, 11) is -3.85. The lowest BCUT2D eigenvalue weighted by Crippen LogP contribution is -2.49. The molecular formula is C20H21F3N6O3S. The minimum atomic E-state index is -4.83. The monoisotopic (exact) mass is 482 g/mol. The van der Waals surface area contributed by atoms with E-state index in [2.05, 4.69) is 24.7 Å². The molecule has 2 aliphatic rings. The molecule has 0 radical (unpaired) electrons. The van der Waals surface area contributed by atoms with Gasteiger partial charge in [-0.3, -0.25) is 0 Å². The molecule has 0 bridgehead atoms. The molecule has 0 N–H and O–H groups in total. The van der Waals surface area contributed by atoms with Crippen LogP contribution in [0.3, 0.4) is 0 Å². The number of rotatable bonds is 4. The van der Waals surface area contributed by atoms with Crippen LogP contribution in [0.4, 0.5) is 19.0 Å². The summed E-state index contributed by atoms with van der Waals surface area (Å²) in [6, 6.07) is 4.25. The third kappa shape index (κ3) is 4.22. The Morgan fingerprint density at radius 2 is 1.67 bits per heavy atom. The third-order valence-corrected chi connectivity index (χ3v) is 7.82. The Kier molecular flexibility index (Phi) is 5.40. The van der Waals surface area contributed by atoms with Crippen molar-refractivity contribution in [1.29, 1.82) is 0 Å². The molecule has 1 aliphatic carbocycles. The maximum Gasteiger partial charge on any atom is 0.573 e. The summed E-state index contributed by atoms with van der Waals surface area (Å²) in [6.45, 7) is 1.35. The normalized spacial score (nSPS) is 17.8. The molecule has 1 fully saturated rings. The Labute approximate surface area is 187 Å². The minimum absolute atomic E-state index is 0.0783. The highest BCUT2D eigenvalue weighted by Crippen LogP contribution is 2.31. The molecule has 13 heteroatoms. The fraction of sp³-hybridized carbons (Fsp3) is 0.450. The fourth-order valence-corrected chi connectivity index (χ4v) is 5.81. The van der Waals surface area contributed by atoms with Crippen molar-refractivity contribution in [1.82, 2.24) is 23.9 Å². The summed E-state index contributed by atoms with van der Waals surface area (Å²) in [5.74, 6) is 0.977. The average Bonchev–Trinajstić information content (AvgIpc) is 3.25. The van der Waals surface area contributed by atoms with E-state index in [1.54, 1.807) is 4.52 Å². The van der Waals surface area contributed by atoms with Gasteiger partial charge in [0.25, 0.3) is 5.78 Å². The summed E-state index contributed by atoms with van der Waals surface area (Å²) < 4.78 is 70.0. The first-order valence-electron chi connectivity index (χ1n) is 10.5. The van der Waals surface area contributed by atoms with E-state index in [9.17, 15) is 21.6 Å². The summed E-state index contributed by atoms with van der Waals surface area (Å²) in [5.41, 5.74) is 2.16. The second-order valence-corrected chi connectivity index (χ2v) is 9.89. The lowest BCUT2D eigenvalue weighted by molar-refractivity contribution is -0.274. The topological polar surface area (TPSA) is 92.9 Å². The number of hydrogen-bond donors (Lipinski definition) is 0. The summed E-state index contributed by atoms with van der Waals surface area (Å²) in [6.07, 6.45) is 0.530. The first kappa shape index (κ1) is 21.9. The molecule has 9 nitrogen and oxygen atoms in total. The van der Waals surface area contributed by atoms with Gasteiger partial charge < -0.3 is 9.64 Å². The zero-order valence-corrected chi connectivity index (χ0v) is 18.3. The zero-order valence-electron chi connectivity index (χ0n) is 17.5. The van der Waals surface area contributed by atoms with E-state index >= 15 is 0 Å². The van der Waals surface area contributed by atoms with Gasteiger partial charge in [-0.05, 0) is 49.9 Å². The number of sulfonamides is 1. The Bertz CT molecular complexity index is 1270. The zero-order chi connectivity index (χ0) is 23.2. The highest BCUT2D eigenvalue weighted by atomic mass is 32.2. The van der Waals surface area contributed by atoms with Gasteiger partial charge in [0.1, 0.15) is 17.9 Å². The Hall–Kier alpha value is -2.93. The molecule has 1 aromatic carbocycles. The number of alkyl halides is 3. The molecule has 0 atom stereocenters. The van der Waals surface area contributed by atoms with Gasteiger partial charge in [0.05, 0.1) is 10.6 Å². The Balaban J connectivity index is 1.35. The smallest absolute Gasteiger partial charge is 0.406 e. The van der Waals surface area contributed by atoms with Crippen LogP contribution < -0.4 is 9.64 Å². The lowest BCUT2D eigenvalue weighted by Gasteiger charge is -2.36. The van der Waals surface area contributed by atoms with Gasteiger partial charge in [-0.1, -0.05) is 0 Å². The van der Waals surface area contributed by atoms with Gasteiger partial charge >= 0.3 is 6.36 Å². The number of halogens is 3. The number of aromatic nitrogens is 4. The van der Waals surface area contributed by atoms with Gasteiger partial charge in [0.15, 0.2) is 0 Å². The first-order chi connectivity index (χ1) is 15.7. The van der Waals surface area contributed by atoms with Crippen LogP contribution in [-0.4, -0.2) is 64.8 Å². The number of piperazine rings is 1. The van der Waals surface area contributed by atoms with Crippen LogP contribution in [0.15, 0.2) is 35.5 Å². The van der Waals surface area contributed by atoms with E-state index in [1.165, 1.54) is 10.6 Å². The molecule has 1 saturated heterocycles. The number of ether oxygens (including phenoxy) is 1. The van der Waals surface area contributed by atoms with Gasteiger partial charge in [-0.15, -0.1) is 13.2 Å². The van der Waals surface area contributed by atoms with Gasteiger partial charge in [0.2, 0.25) is 10.0 Å². The SMILES string of the molecule is O=S(=O)(c1ccc(OC(F)(F)F)cc1)N1CCN(c2c3c(nc4ncnn24)CCCC3)CC1. The van der Waals surface area contributed by atoms with Crippen LogP contribution in [0.5, 0.6) is 5.75 Å². The molecule has 0 saturated carbocycles. The van der Waals surface area contributed by atoms with Gasteiger partial charge in [-0.25, -0.2) is 13.4 Å². The van der Waals surface area contributed by atoms with Gasteiger partial charge in [-0.2, -0.15) is 18.9 Å². The van der Waals surface area contributed by atoms with Crippen LogP contribution >= 0.6 is 0 Å². The van der Waals surface area contributed by atoms with Crippen LogP contribution in [-0.2, 0) is 22.9 Å². The number of anilines is 1. The van der Waals surface area contributed by atoms with E-state index in [0.717, 1.165) is 67.0 Å². The van der Waals surface area contributed by atoms with Crippen LogP contribution in [0.1, 0.15) is 24.1 Å². The quantitative estimate of drug-likeness (QED) is 0.564. The van der Waals surface area contributed by atoms with E-state index in [1.807, 2.05) is 0 Å². The molecule has 1 aliphatic heterocycles. The fourth-order valence-electron chi connectivity index (χ4n) is 4.39. The van der Waals surface area contributed by atoms with Crippen molar-refractivity contribution in [3.05, 3.63) is 41.9 Å². The van der Waals surface area contributed by atoms with Crippen LogP contribution in [0, 0.1) is 0 Å². The Morgan fingerprint density at radius 3 is 2.36 bits per heavy atom. The predicted octanol–water partition coefficient (Wildman–Crippen LogP) is 2.41. The van der Waals surface area contributed by atoms with Crippen molar-refractivity contribution in [3.8, 4) is 5.75 Å². The van der Waals surface area contributed by atoms with E-state index < -0.39 is 22.1 Å². The number of hydrogen-bond acceptors (Lipinski definition) is 7.